The van der Waals surface area contributed by atoms with E-state index in [1.54, 1.807) is 12.1 Å². The second kappa shape index (κ2) is 9.49. The Kier molecular flexibility index (Phi) is 6.43. The van der Waals surface area contributed by atoms with E-state index in [9.17, 15) is 8.42 Å². The number of imidazole rings is 1. The van der Waals surface area contributed by atoms with Crippen molar-refractivity contribution in [3.63, 3.8) is 0 Å². The number of aromatic nitrogens is 4. The average molecular weight is 500 g/mol. The molecule has 1 saturated heterocycles. The Labute approximate surface area is 202 Å². The van der Waals surface area contributed by atoms with Crippen molar-refractivity contribution < 1.29 is 17.7 Å². The normalized spacial score (nSPS) is 15.2. The van der Waals surface area contributed by atoms with Gasteiger partial charge in [-0.25, -0.2) is 13.4 Å². The zero-order valence-corrected chi connectivity index (χ0v) is 20.6. The van der Waals surface area contributed by atoms with E-state index in [4.69, 9.17) is 14.2 Å². The van der Waals surface area contributed by atoms with Gasteiger partial charge in [-0.15, -0.1) is 0 Å². The molecule has 0 amide bonds. The molecular formula is C23H25N5O4S2. The van der Waals surface area contributed by atoms with Crippen LogP contribution in [0.1, 0.15) is 18.4 Å². The molecule has 9 nitrogen and oxygen atoms in total. The van der Waals surface area contributed by atoms with Crippen LogP contribution in [0.2, 0.25) is 0 Å². The minimum atomic E-state index is -3.58. The highest BCUT2D eigenvalue weighted by Gasteiger charge is 2.27. The fourth-order valence-electron chi connectivity index (χ4n) is 3.86. The molecule has 11 heteroatoms. The smallest absolute Gasteiger partial charge is 0.243 e. The summed E-state index contributed by atoms with van der Waals surface area (Å²) in [5, 5.41) is 4.86. The Morgan fingerprint density at radius 2 is 1.82 bits per heavy atom. The SMILES string of the molecule is CCn1c(SCc2nc(-c3ccc(C)cc3)no2)nc2cc(S(=O)(=O)N3CCOCC3)ccc21. The van der Waals surface area contributed by atoms with Crippen LogP contribution in [0.25, 0.3) is 22.4 Å². The molecule has 1 fully saturated rings. The molecule has 0 spiro atoms. The summed E-state index contributed by atoms with van der Waals surface area (Å²) < 4.78 is 40.3. The van der Waals surface area contributed by atoms with Gasteiger partial charge < -0.3 is 13.8 Å². The lowest BCUT2D eigenvalue weighted by molar-refractivity contribution is 0.0730. The molecule has 0 N–H and O–H groups in total. The van der Waals surface area contributed by atoms with Gasteiger partial charge in [0.2, 0.25) is 21.7 Å². The summed E-state index contributed by atoms with van der Waals surface area (Å²) in [6.07, 6.45) is 0. The van der Waals surface area contributed by atoms with Gasteiger partial charge in [-0.3, -0.25) is 0 Å². The molecular weight excluding hydrogens is 474 g/mol. The third kappa shape index (κ3) is 4.48. The van der Waals surface area contributed by atoms with Crippen LogP contribution < -0.4 is 0 Å². The molecule has 4 aromatic rings. The number of ether oxygens (including phenoxy) is 1. The molecule has 0 bridgehead atoms. The lowest BCUT2D eigenvalue weighted by Gasteiger charge is -2.26. The van der Waals surface area contributed by atoms with Crippen molar-refractivity contribution in [3.05, 3.63) is 53.9 Å². The van der Waals surface area contributed by atoms with Gasteiger partial charge in [0, 0.05) is 25.2 Å². The van der Waals surface area contributed by atoms with Crippen molar-refractivity contribution >= 4 is 32.8 Å². The summed E-state index contributed by atoms with van der Waals surface area (Å²) >= 11 is 1.48. The summed E-state index contributed by atoms with van der Waals surface area (Å²) in [5.74, 6) is 1.52. The van der Waals surface area contributed by atoms with Crippen LogP contribution in [0.5, 0.6) is 0 Å². The third-order valence-corrected chi connectivity index (χ3v) is 8.57. The zero-order chi connectivity index (χ0) is 23.7. The molecule has 0 saturated carbocycles. The van der Waals surface area contributed by atoms with E-state index in [-0.39, 0.29) is 4.90 Å². The van der Waals surface area contributed by atoms with Gasteiger partial charge in [-0.05, 0) is 32.0 Å². The van der Waals surface area contributed by atoms with E-state index in [1.807, 2.05) is 44.2 Å². The van der Waals surface area contributed by atoms with E-state index in [0.717, 1.165) is 16.2 Å². The van der Waals surface area contributed by atoms with Gasteiger partial charge >= 0.3 is 0 Å². The Morgan fingerprint density at radius 1 is 1.06 bits per heavy atom. The molecule has 5 rings (SSSR count). The summed E-state index contributed by atoms with van der Waals surface area (Å²) in [6, 6.07) is 13.1. The highest BCUT2D eigenvalue weighted by atomic mass is 32.2. The number of hydrogen-bond acceptors (Lipinski definition) is 8. The monoisotopic (exact) mass is 499 g/mol. The maximum Gasteiger partial charge on any atom is 0.243 e. The third-order valence-electron chi connectivity index (χ3n) is 5.71. The van der Waals surface area contributed by atoms with Crippen LogP contribution in [0, 0.1) is 6.92 Å². The predicted octanol–water partition coefficient (Wildman–Crippen LogP) is 3.73. The topological polar surface area (TPSA) is 103 Å². The minimum Gasteiger partial charge on any atom is -0.379 e. The fourth-order valence-corrected chi connectivity index (χ4v) is 6.20. The summed E-state index contributed by atoms with van der Waals surface area (Å²) in [7, 11) is -3.58. The van der Waals surface area contributed by atoms with Gasteiger partial charge in [0.05, 0.1) is 34.9 Å². The first-order valence-electron chi connectivity index (χ1n) is 11.1. The molecule has 34 heavy (non-hydrogen) atoms. The largest absolute Gasteiger partial charge is 0.379 e. The van der Waals surface area contributed by atoms with Gasteiger partial charge in [-0.2, -0.15) is 9.29 Å². The number of aryl methyl sites for hydroxylation is 2. The van der Waals surface area contributed by atoms with Crippen LogP contribution in [-0.2, 0) is 27.1 Å². The summed E-state index contributed by atoms with van der Waals surface area (Å²) in [6.45, 7) is 6.31. The number of rotatable bonds is 7. The van der Waals surface area contributed by atoms with Crippen molar-refractivity contribution in [1.82, 2.24) is 24.0 Å². The fraction of sp³-hybridized carbons (Fsp3) is 0.348. The maximum absolute atomic E-state index is 13.0. The number of thioether (sulfide) groups is 1. The molecule has 0 radical (unpaired) electrons. The highest BCUT2D eigenvalue weighted by Crippen LogP contribution is 2.29. The molecule has 1 aliphatic heterocycles. The number of hydrogen-bond donors (Lipinski definition) is 0. The Balaban J connectivity index is 1.37. The second-order valence-corrected chi connectivity index (χ2v) is 10.9. The zero-order valence-electron chi connectivity index (χ0n) is 19.0. The predicted molar refractivity (Wildman–Crippen MR) is 129 cm³/mol. The summed E-state index contributed by atoms with van der Waals surface area (Å²) in [4.78, 5) is 9.47. The summed E-state index contributed by atoms with van der Waals surface area (Å²) in [5.41, 5.74) is 3.60. The molecule has 3 heterocycles. The lowest BCUT2D eigenvalue weighted by Crippen LogP contribution is -2.40. The first-order valence-corrected chi connectivity index (χ1v) is 13.5. The van der Waals surface area contributed by atoms with E-state index < -0.39 is 10.0 Å². The molecule has 0 aliphatic carbocycles. The van der Waals surface area contributed by atoms with Crippen molar-refractivity contribution in [3.8, 4) is 11.4 Å². The van der Waals surface area contributed by atoms with Crippen LogP contribution in [-0.4, -0.2) is 58.7 Å². The Morgan fingerprint density at radius 3 is 2.56 bits per heavy atom. The van der Waals surface area contributed by atoms with Crippen molar-refractivity contribution in [1.29, 1.82) is 0 Å². The number of morpholine rings is 1. The first-order chi connectivity index (χ1) is 16.5. The van der Waals surface area contributed by atoms with E-state index in [1.165, 1.54) is 21.6 Å². The van der Waals surface area contributed by atoms with Crippen LogP contribution in [0.4, 0.5) is 0 Å². The molecule has 2 aromatic heterocycles. The van der Waals surface area contributed by atoms with Gasteiger partial charge in [-0.1, -0.05) is 46.7 Å². The second-order valence-electron chi connectivity index (χ2n) is 7.97. The standard InChI is InChI=1S/C23H25N5O4S2/c1-3-28-20-9-8-18(34(29,30)27-10-12-31-13-11-27)14-19(20)24-23(28)33-15-21-25-22(26-32-21)17-6-4-16(2)5-7-17/h4-9,14H,3,10-13,15H2,1-2H3. The molecule has 0 atom stereocenters. The number of sulfonamides is 1. The van der Waals surface area contributed by atoms with Gasteiger partial charge in [0.25, 0.3) is 0 Å². The molecule has 178 valence electrons. The van der Waals surface area contributed by atoms with Crippen LogP contribution in [0.3, 0.4) is 0 Å². The number of fused-ring (bicyclic) bond motifs is 1. The number of benzene rings is 2. The number of nitrogens with zero attached hydrogens (tertiary/aromatic N) is 5. The minimum absolute atomic E-state index is 0.249. The lowest BCUT2D eigenvalue weighted by atomic mass is 10.1. The van der Waals surface area contributed by atoms with Crippen LogP contribution in [0.15, 0.2) is 57.0 Å². The molecule has 1 aliphatic rings. The molecule has 0 unspecified atom stereocenters. The van der Waals surface area contributed by atoms with Gasteiger partial charge in [0.1, 0.15) is 0 Å². The van der Waals surface area contributed by atoms with Crippen molar-refractivity contribution in [2.24, 2.45) is 0 Å². The Bertz CT molecular complexity index is 1410. The van der Waals surface area contributed by atoms with Gasteiger partial charge in [0.15, 0.2) is 5.16 Å². The van der Waals surface area contributed by atoms with E-state index >= 15 is 0 Å². The van der Waals surface area contributed by atoms with Crippen molar-refractivity contribution in [2.75, 3.05) is 26.3 Å². The van der Waals surface area contributed by atoms with Crippen LogP contribution >= 0.6 is 11.8 Å². The van der Waals surface area contributed by atoms with E-state index in [0.29, 0.717) is 55.8 Å². The van der Waals surface area contributed by atoms with Crippen molar-refractivity contribution in [2.45, 2.75) is 36.2 Å². The first kappa shape index (κ1) is 23.0. The molecule has 2 aromatic carbocycles. The average Bonchev–Trinajstić information content (AvgIpc) is 3.47. The van der Waals surface area contributed by atoms with E-state index in [2.05, 4.69) is 14.7 Å². The Hall–Kier alpha value is -2.73. The highest BCUT2D eigenvalue weighted by molar-refractivity contribution is 7.98. The maximum atomic E-state index is 13.0. The quantitative estimate of drug-likeness (QED) is 0.355.